The van der Waals surface area contributed by atoms with Crippen LogP contribution >= 0.6 is 0 Å². The van der Waals surface area contributed by atoms with E-state index in [2.05, 4.69) is 39.1 Å². The smallest absolute Gasteiger partial charge is 0.245 e. The summed E-state index contributed by atoms with van der Waals surface area (Å²) in [6.45, 7) is 9.55. The van der Waals surface area contributed by atoms with Gasteiger partial charge < -0.3 is 15.0 Å². The Hall–Kier alpha value is -2.71. The van der Waals surface area contributed by atoms with Crippen molar-refractivity contribution in [1.29, 1.82) is 0 Å². The Bertz CT molecular complexity index is 847. The molecule has 4 heterocycles. The molecule has 2 aliphatic heterocycles. The zero-order valence-corrected chi connectivity index (χ0v) is 17.3. The van der Waals surface area contributed by atoms with E-state index in [-0.39, 0.29) is 5.91 Å². The molecule has 2 fully saturated rings. The van der Waals surface area contributed by atoms with Gasteiger partial charge in [-0.15, -0.1) is 0 Å². The maximum Gasteiger partial charge on any atom is 0.245 e. The predicted octanol–water partition coefficient (Wildman–Crippen LogP) is 2.35. The van der Waals surface area contributed by atoms with Gasteiger partial charge in [0.25, 0.3) is 0 Å². The first-order valence-corrected chi connectivity index (χ1v) is 10.7. The van der Waals surface area contributed by atoms with E-state index in [1.807, 2.05) is 11.0 Å². The molecule has 2 N–H and O–H groups in total. The molecule has 30 heavy (non-hydrogen) atoms. The number of anilines is 2. The molecular formula is C22H30N6O2. The summed E-state index contributed by atoms with van der Waals surface area (Å²) in [5.74, 6) is 2.07. The average Bonchev–Trinajstić information content (AvgIpc) is 3.27. The van der Waals surface area contributed by atoms with Gasteiger partial charge in [-0.3, -0.25) is 14.8 Å². The van der Waals surface area contributed by atoms with Gasteiger partial charge in [0.1, 0.15) is 11.6 Å². The van der Waals surface area contributed by atoms with E-state index >= 15 is 0 Å². The number of likely N-dealkylation sites (tertiary alicyclic amines) is 1. The lowest BCUT2D eigenvalue weighted by Gasteiger charge is -2.32. The highest BCUT2D eigenvalue weighted by Gasteiger charge is 2.23. The van der Waals surface area contributed by atoms with Gasteiger partial charge in [-0.05, 0) is 49.0 Å². The minimum atomic E-state index is 0.0235. The molecule has 2 aromatic rings. The highest BCUT2D eigenvalue weighted by molar-refractivity contribution is 5.87. The fraction of sp³-hybridized carbons (Fsp3) is 0.500. The second-order valence-electron chi connectivity index (χ2n) is 8.04. The number of aromatic nitrogens is 3. The molecule has 0 bridgehead atoms. The third kappa shape index (κ3) is 5.46. The molecule has 0 aliphatic carbocycles. The van der Waals surface area contributed by atoms with Gasteiger partial charge >= 0.3 is 0 Å². The SMILES string of the molecule is C=CC(=O)N1CCC[C@H](Cc2cc(CN3CCOCC3)cc(Nc3ccn[nH]3)n2)C1. The topological polar surface area (TPSA) is 86.4 Å². The number of rotatable bonds is 7. The molecule has 160 valence electrons. The first-order valence-electron chi connectivity index (χ1n) is 10.7. The molecule has 0 unspecified atom stereocenters. The van der Waals surface area contributed by atoms with Crippen LogP contribution in [0.15, 0.2) is 37.1 Å². The summed E-state index contributed by atoms with van der Waals surface area (Å²) in [6.07, 6.45) is 6.12. The van der Waals surface area contributed by atoms with E-state index in [0.717, 1.165) is 82.5 Å². The normalized spacial score (nSPS) is 20.1. The van der Waals surface area contributed by atoms with Gasteiger partial charge in [0.15, 0.2) is 0 Å². The maximum atomic E-state index is 12.0. The minimum Gasteiger partial charge on any atom is -0.379 e. The van der Waals surface area contributed by atoms with Crippen LogP contribution in [0.3, 0.4) is 0 Å². The van der Waals surface area contributed by atoms with E-state index in [4.69, 9.17) is 9.72 Å². The van der Waals surface area contributed by atoms with Crippen molar-refractivity contribution in [2.75, 3.05) is 44.7 Å². The van der Waals surface area contributed by atoms with E-state index < -0.39 is 0 Å². The fourth-order valence-corrected chi connectivity index (χ4v) is 4.25. The summed E-state index contributed by atoms with van der Waals surface area (Å²) in [5.41, 5.74) is 2.29. The Morgan fingerprint density at radius 3 is 2.97 bits per heavy atom. The molecule has 2 aromatic heterocycles. The molecule has 8 heteroatoms. The number of aromatic amines is 1. The molecule has 8 nitrogen and oxygen atoms in total. The van der Waals surface area contributed by atoms with Crippen molar-refractivity contribution in [2.45, 2.75) is 25.8 Å². The van der Waals surface area contributed by atoms with Crippen molar-refractivity contribution in [3.63, 3.8) is 0 Å². The summed E-state index contributed by atoms with van der Waals surface area (Å²) in [5, 5.41) is 10.3. The third-order valence-electron chi connectivity index (χ3n) is 5.71. The summed E-state index contributed by atoms with van der Waals surface area (Å²) in [6, 6.07) is 6.20. The van der Waals surface area contributed by atoms with Crippen molar-refractivity contribution in [2.24, 2.45) is 5.92 Å². The van der Waals surface area contributed by atoms with Crippen LogP contribution in [0.2, 0.25) is 0 Å². The van der Waals surface area contributed by atoms with Crippen LogP contribution < -0.4 is 5.32 Å². The van der Waals surface area contributed by atoms with Crippen LogP contribution in [0.25, 0.3) is 0 Å². The van der Waals surface area contributed by atoms with Crippen LogP contribution in [-0.2, 0) is 22.5 Å². The quantitative estimate of drug-likeness (QED) is 0.682. The van der Waals surface area contributed by atoms with E-state index in [1.54, 1.807) is 6.20 Å². The summed E-state index contributed by atoms with van der Waals surface area (Å²) >= 11 is 0. The number of carbonyl (C=O) groups is 1. The van der Waals surface area contributed by atoms with Gasteiger partial charge in [0.2, 0.25) is 5.91 Å². The number of nitrogens with one attached hydrogen (secondary N) is 2. The zero-order chi connectivity index (χ0) is 20.8. The number of hydrogen-bond donors (Lipinski definition) is 2. The molecule has 0 spiro atoms. The van der Waals surface area contributed by atoms with E-state index in [1.165, 1.54) is 11.6 Å². The largest absolute Gasteiger partial charge is 0.379 e. The number of nitrogens with zero attached hydrogens (tertiary/aromatic N) is 4. The molecular weight excluding hydrogens is 380 g/mol. The fourth-order valence-electron chi connectivity index (χ4n) is 4.25. The first-order chi connectivity index (χ1) is 14.7. The minimum absolute atomic E-state index is 0.0235. The summed E-state index contributed by atoms with van der Waals surface area (Å²) < 4.78 is 5.48. The second kappa shape index (κ2) is 9.86. The van der Waals surface area contributed by atoms with Crippen LogP contribution in [0.5, 0.6) is 0 Å². The first kappa shape index (κ1) is 20.6. The number of piperidine rings is 1. The third-order valence-corrected chi connectivity index (χ3v) is 5.71. The standard InChI is InChI=1S/C22H30N6O2/c1-2-22(29)28-7-3-4-17(16-28)12-19-13-18(15-27-8-10-30-11-9-27)14-21(24-19)25-20-5-6-23-26-20/h2,5-6,13-14,17H,1,3-4,7-12,15-16H2,(H2,23,24,25,26)/t17-/m1/s1. The molecule has 2 aliphatic rings. The molecule has 2 saturated heterocycles. The molecule has 0 saturated carbocycles. The van der Waals surface area contributed by atoms with Crippen molar-refractivity contribution < 1.29 is 9.53 Å². The molecule has 4 rings (SSSR count). The Balaban J connectivity index is 1.50. The van der Waals surface area contributed by atoms with Crippen LogP contribution in [-0.4, -0.2) is 70.3 Å². The van der Waals surface area contributed by atoms with Gasteiger partial charge in [-0.2, -0.15) is 5.10 Å². The zero-order valence-electron chi connectivity index (χ0n) is 17.3. The van der Waals surface area contributed by atoms with E-state index in [0.29, 0.717) is 5.92 Å². The Labute approximate surface area is 177 Å². The number of hydrogen-bond acceptors (Lipinski definition) is 6. The van der Waals surface area contributed by atoms with E-state index in [9.17, 15) is 4.79 Å². The number of pyridine rings is 1. The van der Waals surface area contributed by atoms with Gasteiger partial charge in [-0.25, -0.2) is 4.98 Å². The average molecular weight is 411 g/mol. The predicted molar refractivity (Wildman–Crippen MR) is 115 cm³/mol. The Kier molecular flexibility index (Phi) is 6.76. The van der Waals surface area contributed by atoms with Crippen molar-refractivity contribution in [1.82, 2.24) is 25.0 Å². The number of carbonyl (C=O) groups excluding carboxylic acids is 1. The monoisotopic (exact) mass is 410 g/mol. The van der Waals surface area contributed by atoms with Crippen LogP contribution in [0.4, 0.5) is 11.6 Å². The Morgan fingerprint density at radius 1 is 1.33 bits per heavy atom. The summed E-state index contributed by atoms with van der Waals surface area (Å²) in [4.78, 5) is 21.2. The molecule has 1 atom stereocenters. The number of ether oxygens (including phenoxy) is 1. The van der Waals surface area contributed by atoms with Crippen molar-refractivity contribution >= 4 is 17.5 Å². The maximum absolute atomic E-state index is 12.0. The lowest BCUT2D eigenvalue weighted by Crippen LogP contribution is -2.39. The Morgan fingerprint density at radius 2 is 2.20 bits per heavy atom. The van der Waals surface area contributed by atoms with Crippen molar-refractivity contribution in [3.8, 4) is 0 Å². The molecule has 0 radical (unpaired) electrons. The van der Waals surface area contributed by atoms with Crippen molar-refractivity contribution in [3.05, 3.63) is 48.3 Å². The highest BCUT2D eigenvalue weighted by atomic mass is 16.5. The lowest BCUT2D eigenvalue weighted by molar-refractivity contribution is -0.127. The number of morpholine rings is 1. The highest BCUT2D eigenvalue weighted by Crippen LogP contribution is 2.23. The number of H-pyrrole nitrogens is 1. The van der Waals surface area contributed by atoms with Gasteiger partial charge in [0.05, 0.1) is 19.4 Å². The van der Waals surface area contributed by atoms with Crippen LogP contribution in [0, 0.1) is 5.92 Å². The second-order valence-corrected chi connectivity index (χ2v) is 8.04. The lowest BCUT2D eigenvalue weighted by atomic mass is 9.92. The van der Waals surface area contributed by atoms with Crippen LogP contribution in [0.1, 0.15) is 24.1 Å². The molecule has 0 aromatic carbocycles. The molecule has 1 amide bonds. The summed E-state index contributed by atoms with van der Waals surface area (Å²) in [7, 11) is 0. The van der Waals surface area contributed by atoms with Gasteiger partial charge in [-0.1, -0.05) is 6.58 Å². The van der Waals surface area contributed by atoms with Gasteiger partial charge in [0, 0.05) is 44.5 Å². The number of amides is 1.